The monoisotopic (exact) mass is 226 g/mol. The van der Waals surface area contributed by atoms with E-state index in [1.165, 1.54) is 0 Å². The summed E-state index contributed by atoms with van der Waals surface area (Å²) in [5, 5.41) is 0. The lowest BCUT2D eigenvalue weighted by Crippen LogP contribution is -2.15. The molecule has 0 saturated carbocycles. The molecule has 0 atom stereocenters. The Bertz CT molecular complexity index is 208. The Morgan fingerprint density at radius 3 is 1.25 bits per heavy atom. The van der Waals surface area contributed by atoms with Gasteiger partial charge < -0.3 is 9.47 Å². The fourth-order valence-corrected chi connectivity index (χ4v) is 0.919. The van der Waals surface area contributed by atoms with Crippen LogP contribution in [0.2, 0.25) is 0 Å². The largest absolute Gasteiger partial charge is 0.368 e. The van der Waals surface area contributed by atoms with Gasteiger partial charge in [-0.1, -0.05) is 53.4 Å². The summed E-state index contributed by atoms with van der Waals surface area (Å²) in [5.74, 6) is 5.89. The molecule has 0 aromatic rings. The second-order valence-corrected chi connectivity index (χ2v) is 6.46. The van der Waals surface area contributed by atoms with Gasteiger partial charge in [0.25, 0.3) is 0 Å². The van der Waals surface area contributed by atoms with E-state index in [9.17, 15) is 0 Å². The van der Waals surface area contributed by atoms with Gasteiger partial charge in [0, 0.05) is 0 Å². The topological polar surface area (TPSA) is 18.5 Å². The molecule has 0 radical (unpaired) electrons. The summed E-state index contributed by atoms with van der Waals surface area (Å²) < 4.78 is 10.8. The van der Waals surface area contributed by atoms with Crippen molar-refractivity contribution in [1.29, 1.82) is 0 Å². The third kappa shape index (κ3) is 13.5. The van der Waals surface area contributed by atoms with Crippen LogP contribution in [0.5, 0.6) is 0 Å². The Kier molecular flexibility index (Phi) is 6.71. The van der Waals surface area contributed by atoms with Crippen molar-refractivity contribution in [3.05, 3.63) is 0 Å². The van der Waals surface area contributed by atoms with Crippen LogP contribution in [0.3, 0.4) is 0 Å². The molecule has 2 heteroatoms. The molecule has 0 unspecified atom stereocenters. The normalized spacial score (nSPS) is 12.1. The average molecular weight is 226 g/mol. The van der Waals surface area contributed by atoms with E-state index in [0.29, 0.717) is 13.2 Å². The number of hydrogen-bond acceptors (Lipinski definition) is 2. The van der Waals surface area contributed by atoms with Crippen LogP contribution in [0.1, 0.15) is 41.5 Å². The molecule has 0 heterocycles. The van der Waals surface area contributed by atoms with Crippen LogP contribution in [0.4, 0.5) is 0 Å². The van der Waals surface area contributed by atoms with Gasteiger partial charge in [-0.05, 0) is 10.8 Å². The molecular weight excluding hydrogens is 200 g/mol. The van der Waals surface area contributed by atoms with E-state index in [1.807, 2.05) is 0 Å². The lowest BCUT2D eigenvalue weighted by atomic mass is 9.99. The maximum absolute atomic E-state index is 5.42. The first-order chi connectivity index (χ1) is 7.21. The first-order valence-corrected chi connectivity index (χ1v) is 5.82. The molecule has 0 spiro atoms. The molecule has 0 bridgehead atoms. The fourth-order valence-electron chi connectivity index (χ4n) is 0.919. The maximum atomic E-state index is 5.42. The first-order valence-electron chi connectivity index (χ1n) is 5.82. The highest BCUT2D eigenvalue weighted by atomic mass is 16.5. The number of hydrogen-bond donors (Lipinski definition) is 0. The smallest absolute Gasteiger partial charge is 0.107 e. The van der Waals surface area contributed by atoms with Gasteiger partial charge in [-0.15, -0.1) is 0 Å². The van der Waals surface area contributed by atoms with Crippen molar-refractivity contribution in [2.45, 2.75) is 41.5 Å². The van der Waals surface area contributed by atoms with Crippen LogP contribution in [0.25, 0.3) is 0 Å². The summed E-state index contributed by atoms with van der Waals surface area (Å²) in [5.41, 5.74) is 0.425. The minimum atomic E-state index is 0.213. The van der Waals surface area contributed by atoms with Crippen molar-refractivity contribution in [3.8, 4) is 11.8 Å². The van der Waals surface area contributed by atoms with E-state index in [4.69, 9.17) is 9.47 Å². The van der Waals surface area contributed by atoms with E-state index in [2.05, 4.69) is 53.4 Å². The lowest BCUT2D eigenvalue weighted by molar-refractivity contribution is 0.0906. The number of rotatable bonds is 4. The molecule has 0 aliphatic heterocycles. The summed E-state index contributed by atoms with van der Waals surface area (Å²) in [6.45, 7) is 15.3. The van der Waals surface area contributed by atoms with Gasteiger partial charge in [0.05, 0.1) is 13.2 Å². The molecule has 0 aromatic heterocycles. The molecule has 0 fully saturated rings. The van der Waals surface area contributed by atoms with Crippen molar-refractivity contribution in [2.24, 2.45) is 10.8 Å². The third-order valence-corrected chi connectivity index (χ3v) is 1.54. The van der Waals surface area contributed by atoms with Crippen LogP contribution in [-0.2, 0) is 9.47 Å². The predicted molar refractivity (Wildman–Crippen MR) is 68.3 cm³/mol. The van der Waals surface area contributed by atoms with Gasteiger partial charge in [0.15, 0.2) is 0 Å². The molecular formula is C14H26O2. The highest BCUT2D eigenvalue weighted by Gasteiger charge is 2.09. The van der Waals surface area contributed by atoms with E-state index in [0.717, 1.165) is 13.2 Å². The predicted octanol–water partition coefficient (Wildman–Crippen LogP) is 3.12. The van der Waals surface area contributed by atoms with Gasteiger partial charge in [-0.25, -0.2) is 0 Å². The zero-order valence-electron chi connectivity index (χ0n) is 11.6. The molecule has 16 heavy (non-hydrogen) atoms. The van der Waals surface area contributed by atoms with Crippen LogP contribution in [-0.4, -0.2) is 26.4 Å². The zero-order valence-corrected chi connectivity index (χ0v) is 11.6. The van der Waals surface area contributed by atoms with Crippen molar-refractivity contribution in [3.63, 3.8) is 0 Å². The summed E-state index contributed by atoms with van der Waals surface area (Å²) >= 11 is 0. The average Bonchev–Trinajstić information content (AvgIpc) is 2.06. The van der Waals surface area contributed by atoms with Crippen LogP contribution >= 0.6 is 0 Å². The Balaban J connectivity index is 3.43. The molecule has 0 rings (SSSR count). The Labute approximate surface area is 101 Å². The minimum absolute atomic E-state index is 0.213. The number of ether oxygens (including phenoxy) is 2. The molecule has 2 nitrogen and oxygen atoms in total. The van der Waals surface area contributed by atoms with Crippen LogP contribution in [0.15, 0.2) is 0 Å². The molecule has 0 aliphatic rings. The van der Waals surface area contributed by atoms with Crippen molar-refractivity contribution < 1.29 is 9.47 Å². The summed E-state index contributed by atoms with van der Waals surface area (Å²) in [6.07, 6.45) is 0. The highest BCUT2D eigenvalue weighted by molar-refractivity contribution is 4.99. The van der Waals surface area contributed by atoms with Crippen molar-refractivity contribution in [2.75, 3.05) is 26.4 Å². The van der Waals surface area contributed by atoms with E-state index < -0.39 is 0 Å². The minimum Gasteiger partial charge on any atom is -0.368 e. The second kappa shape index (κ2) is 6.93. The quantitative estimate of drug-likeness (QED) is 0.541. The SMILES string of the molecule is CC(C)(C)COCC#CCOCC(C)(C)C. The zero-order chi connectivity index (χ0) is 12.7. The first kappa shape index (κ1) is 15.5. The third-order valence-electron chi connectivity index (χ3n) is 1.54. The Morgan fingerprint density at radius 2 is 1.00 bits per heavy atom. The molecule has 0 aliphatic carbocycles. The Morgan fingerprint density at radius 1 is 0.688 bits per heavy atom. The lowest BCUT2D eigenvalue weighted by Gasteiger charge is -2.17. The summed E-state index contributed by atoms with van der Waals surface area (Å²) in [7, 11) is 0. The maximum Gasteiger partial charge on any atom is 0.107 e. The van der Waals surface area contributed by atoms with Crippen molar-refractivity contribution in [1.82, 2.24) is 0 Å². The van der Waals surface area contributed by atoms with Crippen molar-refractivity contribution >= 4 is 0 Å². The molecule has 0 N–H and O–H groups in total. The second-order valence-electron chi connectivity index (χ2n) is 6.46. The van der Waals surface area contributed by atoms with Gasteiger partial charge in [-0.3, -0.25) is 0 Å². The van der Waals surface area contributed by atoms with Gasteiger partial charge >= 0.3 is 0 Å². The Hall–Kier alpha value is -0.520. The molecule has 0 saturated heterocycles. The van der Waals surface area contributed by atoms with E-state index >= 15 is 0 Å². The van der Waals surface area contributed by atoms with Crippen LogP contribution < -0.4 is 0 Å². The standard InChI is InChI=1S/C14H26O2/c1-13(2,3)11-15-9-7-8-10-16-12-14(4,5)6/h9-12H2,1-6H3. The molecule has 0 amide bonds. The fraction of sp³-hybridized carbons (Fsp3) is 0.857. The van der Waals surface area contributed by atoms with Gasteiger partial charge in [0.1, 0.15) is 13.2 Å². The molecule has 0 aromatic carbocycles. The van der Waals surface area contributed by atoms with Gasteiger partial charge in [0.2, 0.25) is 0 Å². The van der Waals surface area contributed by atoms with E-state index in [1.54, 1.807) is 0 Å². The summed E-state index contributed by atoms with van der Waals surface area (Å²) in [6, 6.07) is 0. The van der Waals surface area contributed by atoms with E-state index in [-0.39, 0.29) is 10.8 Å². The van der Waals surface area contributed by atoms with Crippen LogP contribution in [0, 0.1) is 22.7 Å². The highest BCUT2D eigenvalue weighted by Crippen LogP contribution is 2.12. The van der Waals surface area contributed by atoms with Gasteiger partial charge in [-0.2, -0.15) is 0 Å². The summed E-state index contributed by atoms with van der Waals surface area (Å²) in [4.78, 5) is 0. The molecule has 94 valence electrons.